The molecule has 0 amide bonds. The molecule has 0 radical (unpaired) electrons. The van der Waals surface area contributed by atoms with Gasteiger partial charge in [-0.25, -0.2) is 0 Å². The summed E-state index contributed by atoms with van der Waals surface area (Å²) in [5.74, 6) is 0.981. The van der Waals surface area contributed by atoms with Gasteiger partial charge in [-0.05, 0) is 47.4 Å². The normalized spacial score (nSPS) is 18.0. The molecule has 4 nitrogen and oxygen atoms in total. The van der Waals surface area contributed by atoms with Gasteiger partial charge in [0.2, 0.25) is 0 Å². The second-order valence-electron chi connectivity index (χ2n) is 6.43. The SMILES string of the molecule is c1cnnc(N2CCCC(NCc3ccc4ccccc4c3)C2)c1. The van der Waals surface area contributed by atoms with E-state index >= 15 is 0 Å². The summed E-state index contributed by atoms with van der Waals surface area (Å²) in [5, 5.41) is 14.6. The Morgan fingerprint density at radius 3 is 2.83 bits per heavy atom. The second kappa shape index (κ2) is 6.97. The lowest BCUT2D eigenvalue weighted by atomic mass is 10.0. The van der Waals surface area contributed by atoms with Crippen LogP contribution in [0.3, 0.4) is 0 Å². The highest BCUT2D eigenvalue weighted by Crippen LogP contribution is 2.18. The third kappa shape index (κ3) is 3.39. The number of hydrogen-bond donors (Lipinski definition) is 1. The smallest absolute Gasteiger partial charge is 0.151 e. The first-order chi connectivity index (χ1) is 11.9. The van der Waals surface area contributed by atoms with Crippen molar-refractivity contribution in [1.82, 2.24) is 15.5 Å². The highest BCUT2D eigenvalue weighted by Gasteiger charge is 2.20. The first-order valence-electron chi connectivity index (χ1n) is 8.62. The first kappa shape index (κ1) is 15.1. The molecule has 0 spiro atoms. The largest absolute Gasteiger partial charge is 0.354 e. The number of benzene rings is 2. The summed E-state index contributed by atoms with van der Waals surface area (Å²) in [4.78, 5) is 2.33. The molecule has 4 rings (SSSR count). The molecule has 0 aliphatic carbocycles. The topological polar surface area (TPSA) is 41.1 Å². The van der Waals surface area contributed by atoms with Crippen LogP contribution in [0.4, 0.5) is 5.82 Å². The van der Waals surface area contributed by atoms with E-state index in [0.29, 0.717) is 6.04 Å². The molecular weight excluding hydrogens is 296 g/mol. The Morgan fingerprint density at radius 2 is 1.96 bits per heavy atom. The zero-order valence-electron chi connectivity index (χ0n) is 13.7. The van der Waals surface area contributed by atoms with Crippen molar-refractivity contribution in [2.24, 2.45) is 0 Å². The van der Waals surface area contributed by atoms with Crippen LogP contribution in [0.25, 0.3) is 10.8 Å². The van der Waals surface area contributed by atoms with Gasteiger partial charge in [0.25, 0.3) is 0 Å². The number of piperidine rings is 1. The Morgan fingerprint density at radius 1 is 1.04 bits per heavy atom. The molecule has 3 aromatic rings. The van der Waals surface area contributed by atoms with E-state index in [9.17, 15) is 0 Å². The van der Waals surface area contributed by atoms with E-state index in [4.69, 9.17) is 0 Å². The second-order valence-corrected chi connectivity index (χ2v) is 6.43. The molecule has 1 saturated heterocycles. The monoisotopic (exact) mass is 318 g/mol. The Hall–Kier alpha value is -2.46. The standard InChI is InChI=1S/C20H22N4/c1-2-6-18-13-16(9-10-17(18)5-1)14-21-19-7-4-12-24(15-19)20-8-3-11-22-23-20/h1-3,5-6,8-11,13,19,21H,4,7,12,14-15H2. The fourth-order valence-electron chi connectivity index (χ4n) is 3.42. The van der Waals surface area contributed by atoms with E-state index in [-0.39, 0.29) is 0 Å². The number of anilines is 1. The van der Waals surface area contributed by atoms with Gasteiger partial charge in [0.05, 0.1) is 0 Å². The Kier molecular flexibility index (Phi) is 4.38. The van der Waals surface area contributed by atoms with E-state index in [1.54, 1.807) is 6.20 Å². The third-order valence-electron chi connectivity index (χ3n) is 4.71. The van der Waals surface area contributed by atoms with Gasteiger partial charge in [-0.15, -0.1) is 5.10 Å². The molecule has 122 valence electrons. The molecule has 2 heterocycles. The zero-order chi connectivity index (χ0) is 16.2. The maximum atomic E-state index is 4.24. The lowest BCUT2D eigenvalue weighted by Gasteiger charge is -2.33. The summed E-state index contributed by atoms with van der Waals surface area (Å²) >= 11 is 0. The van der Waals surface area contributed by atoms with E-state index in [0.717, 1.165) is 25.5 Å². The van der Waals surface area contributed by atoms with Crippen molar-refractivity contribution in [3.63, 3.8) is 0 Å². The molecule has 1 aliphatic rings. The number of nitrogens with one attached hydrogen (secondary N) is 1. The van der Waals surface area contributed by atoms with Gasteiger partial charge in [0, 0.05) is 31.9 Å². The molecule has 1 aromatic heterocycles. The predicted molar refractivity (Wildman–Crippen MR) is 98.1 cm³/mol. The van der Waals surface area contributed by atoms with E-state index in [1.807, 2.05) is 12.1 Å². The Bertz CT molecular complexity index is 803. The fraction of sp³-hybridized carbons (Fsp3) is 0.300. The number of fused-ring (bicyclic) bond motifs is 1. The minimum absolute atomic E-state index is 0.493. The van der Waals surface area contributed by atoms with Crippen LogP contribution in [0, 0.1) is 0 Å². The van der Waals surface area contributed by atoms with Crippen molar-refractivity contribution in [3.05, 3.63) is 66.4 Å². The van der Waals surface area contributed by atoms with Crippen LogP contribution >= 0.6 is 0 Å². The van der Waals surface area contributed by atoms with Crippen LogP contribution < -0.4 is 10.2 Å². The summed E-state index contributed by atoms with van der Waals surface area (Å²) in [6.07, 6.45) is 4.12. The third-order valence-corrected chi connectivity index (χ3v) is 4.71. The summed E-state index contributed by atoms with van der Waals surface area (Å²) in [7, 11) is 0. The maximum absolute atomic E-state index is 4.24. The molecule has 0 bridgehead atoms. The number of rotatable bonds is 4. The van der Waals surface area contributed by atoms with Crippen LogP contribution in [-0.2, 0) is 6.54 Å². The molecule has 2 aromatic carbocycles. The van der Waals surface area contributed by atoms with E-state index in [1.165, 1.54) is 29.2 Å². The van der Waals surface area contributed by atoms with Gasteiger partial charge in [-0.2, -0.15) is 5.10 Å². The van der Waals surface area contributed by atoms with E-state index in [2.05, 4.69) is 62.9 Å². The van der Waals surface area contributed by atoms with Gasteiger partial charge < -0.3 is 10.2 Å². The highest BCUT2D eigenvalue weighted by atomic mass is 15.3. The molecule has 1 atom stereocenters. The van der Waals surface area contributed by atoms with Crippen molar-refractivity contribution in [2.45, 2.75) is 25.4 Å². The average molecular weight is 318 g/mol. The molecule has 24 heavy (non-hydrogen) atoms. The van der Waals surface area contributed by atoms with Crippen LogP contribution in [0.5, 0.6) is 0 Å². The van der Waals surface area contributed by atoms with Crippen molar-refractivity contribution in [3.8, 4) is 0 Å². The average Bonchev–Trinajstić information content (AvgIpc) is 2.67. The number of nitrogens with zero attached hydrogens (tertiary/aromatic N) is 3. The van der Waals surface area contributed by atoms with Gasteiger partial charge in [-0.1, -0.05) is 36.4 Å². The first-order valence-corrected chi connectivity index (χ1v) is 8.62. The molecular formula is C20H22N4. The molecule has 1 fully saturated rings. The van der Waals surface area contributed by atoms with Crippen LogP contribution in [0.15, 0.2) is 60.8 Å². The number of hydrogen-bond acceptors (Lipinski definition) is 4. The summed E-state index contributed by atoms with van der Waals surface area (Å²) in [5.41, 5.74) is 1.34. The van der Waals surface area contributed by atoms with Crippen molar-refractivity contribution >= 4 is 16.6 Å². The lowest BCUT2D eigenvalue weighted by Crippen LogP contribution is -2.45. The van der Waals surface area contributed by atoms with Gasteiger partial charge in [0.15, 0.2) is 5.82 Å². The minimum atomic E-state index is 0.493. The summed E-state index contributed by atoms with van der Waals surface area (Å²) in [6, 6.07) is 19.7. The quantitative estimate of drug-likeness (QED) is 0.800. The molecule has 1 N–H and O–H groups in total. The highest BCUT2D eigenvalue weighted by molar-refractivity contribution is 5.82. The summed E-state index contributed by atoms with van der Waals surface area (Å²) in [6.45, 7) is 2.96. The maximum Gasteiger partial charge on any atom is 0.151 e. The zero-order valence-corrected chi connectivity index (χ0v) is 13.7. The van der Waals surface area contributed by atoms with Crippen LogP contribution in [-0.4, -0.2) is 29.3 Å². The minimum Gasteiger partial charge on any atom is -0.354 e. The Balaban J connectivity index is 1.39. The molecule has 0 saturated carbocycles. The van der Waals surface area contributed by atoms with Crippen LogP contribution in [0.2, 0.25) is 0 Å². The fourth-order valence-corrected chi connectivity index (χ4v) is 3.42. The van der Waals surface area contributed by atoms with Gasteiger partial charge in [-0.3, -0.25) is 0 Å². The molecule has 1 aliphatic heterocycles. The van der Waals surface area contributed by atoms with Gasteiger partial charge in [0.1, 0.15) is 0 Å². The van der Waals surface area contributed by atoms with Crippen molar-refractivity contribution in [1.29, 1.82) is 0 Å². The van der Waals surface area contributed by atoms with Crippen molar-refractivity contribution in [2.75, 3.05) is 18.0 Å². The van der Waals surface area contributed by atoms with E-state index < -0.39 is 0 Å². The molecule has 1 unspecified atom stereocenters. The predicted octanol–water partition coefficient (Wildman–Crippen LogP) is 3.39. The lowest BCUT2D eigenvalue weighted by molar-refractivity contribution is 0.419. The van der Waals surface area contributed by atoms with Gasteiger partial charge >= 0.3 is 0 Å². The molecule has 4 heteroatoms. The Labute approximate surface area is 142 Å². The van der Waals surface area contributed by atoms with Crippen molar-refractivity contribution < 1.29 is 0 Å². The van der Waals surface area contributed by atoms with Crippen LogP contribution in [0.1, 0.15) is 18.4 Å². The number of aromatic nitrogens is 2. The summed E-state index contributed by atoms with van der Waals surface area (Å²) < 4.78 is 0.